The number of aromatic nitrogens is 1. The molecule has 4 rings (SSSR count). The summed E-state index contributed by atoms with van der Waals surface area (Å²) in [6.45, 7) is 1.18. The highest BCUT2D eigenvalue weighted by Gasteiger charge is 2.37. The van der Waals surface area contributed by atoms with E-state index in [2.05, 4.69) is 15.6 Å². The summed E-state index contributed by atoms with van der Waals surface area (Å²) in [6, 6.07) is 16.9. The number of para-hydroxylation sites is 1. The zero-order chi connectivity index (χ0) is 20.2. The van der Waals surface area contributed by atoms with E-state index in [0.29, 0.717) is 25.3 Å². The number of likely N-dealkylation sites (tertiary alicyclic amines) is 1. The van der Waals surface area contributed by atoms with Crippen LogP contribution in [0.2, 0.25) is 0 Å². The number of amides is 2. The number of benzene rings is 2. The van der Waals surface area contributed by atoms with E-state index in [0.717, 1.165) is 22.0 Å². The Balaban J connectivity index is 1.31. The molecular weight excluding hydrogens is 366 g/mol. The lowest BCUT2D eigenvalue weighted by Gasteiger charge is -2.39. The average molecular weight is 389 g/mol. The highest BCUT2D eigenvalue weighted by molar-refractivity contribution is 5.92. The lowest BCUT2D eigenvalue weighted by Crippen LogP contribution is -2.59. The van der Waals surface area contributed by atoms with Crippen LogP contribution in [0.15, 0.2) is 60.8 Å². The van der Waals surface area contributed by atoms with Gasteiger partial charge in [0, 0.05) is 30.4 Å². The number of rotatable bonds is 6. The third-order valence-corrected chi connectivity index (χ3v) is 5.19. The molecule has 1 fully saturated rings. The van der Waals surface area contributed by atoms with Crippen LogP contribution in [0.25, 0.3) is 10.8 Å². The molecule has 0 radical (unpaired) electrons. The SMILES string of the molecule is Nc1nccc2cc(CNC(=O)[C@@H]3CCN3C(=O)CNc3ccccc3)ccc12. The number of anilines is 2. The molecule has 1 atom stereocenters. The number of hydrogen-bond acceptors (Lipinski definition) is 5. The summed E-state index contributed by atoms with van der Waals surface area (Å²) >= 11 is 0. The molecule has 29 heavy (non-hydrogen) atoms. The Morgan fingerprint density at radius 1 is 1.14 bits per heavy atom. The van der Waals surface area contributed by atoms with Crippen molar-refractivity contribution < 1.29 is 9.59 Å². The van der Waals surface area contributed by atoms with Gasteiger partial charge >= 0.3 is 0 Å². The van der Waals surface area contributed by atoms with E-state index in [9.17, 15) is 9.59 Å². The first-order valence-corrected chi connectivity index (χ1v) is 9.61. The van der Waals surface area contributed by atoms with Gasteiger partial charge in [-0.1, -0.05) is 30.3 Å². The summed E-state index contributed by atoms with van der Waals surface area (Å²) < 4.78 is 0. The predicted molar refractivity (Wildman–Crippen MR) is 113 cm³/mol. The molecule has 7 nitrogen and oxygen atoms in total. The number of fused-ring (bicyclic) bond motifs is 1. The largest absolute Gasteiger partial charge is 0.383 e. The van der Waals surface area contributed by atoms with Gasteiger partial charge in [0.15, 0.2) is 0 Å². The van der Waals surface area contributed by atoms with Crippen LogP contribution in [-0.4, -0.2) is 40.8 Å². The van der Waals surface area contributed by atoms with Gasteiger partial charge in [0.2, 0.25) is 11.8 Å². The molecule has 4 N–H and O–H groups in total. The molecule has 1 aliphatic heterocycles. The van der Waals surface area contributed by atoms with Gasteiger partial charge in [-0.25, -0.2) is 4.98 Å². The normalized spacial score (nSPS) is 15.6. The lowest BCUT2D eigenvalue weighted by atomic mass is 10.0. The minimum absolute atomic E-state index is 0.0751. The quantitative estimate of drug-likeness (QED) is 0.600. The molecule has 0 bridgehead atoms. The first-order valence-electron chi connectivity index (χ1n) is 9.61. The maximum absolute atomic E-state index is 12.6. The number of nitrogens with two attached hydrogens (primary N) is 1. The Morgan fingerprint density at radius 2 is 1.97 bits per heavy atom. The third-order valence-electron chi connectivity index (χ3n) is 5.19. The van der Waals surface area contributed by atoms with Crippen molar-refractivity contribution in [3.05, 3.63) is 66.4 Å². The molecule has 0 spiro atoms. The molecule has 7 heteroatoms. The monoisotopic (exact) mass is 389 g/mol. The Morgan fingerprint density at radius 3 is 2.72 bits per heavy atom. The second-order valence-electron chi connectivity index (χ2n) is 7.08. The van der Waals surface area contributed by atoms with E-state index in [1.54, 1.807) is 11.1 Å². The fourth-order valence-electron chi connectivity index (χ4n) is 3.46. The molecule has 0 unspecified atom stereocenters. The predicted octanol–water partition coefficient (Wildman–Crippen LogP) is 2.15. The van der Waals surface area contributed by atoms with E-state index in [4.69, 9.17) is 5.73 Å². The van der Waals surface area contributed by atoms with Gasteiger partial charge in [-0.3, -0.25) is 9.59 Å². The van der Waals surface area contributed by atoms with Gasteiger partial charge in [-0.2, -0.15) is 0 Å². The van der Waals surface area contributed by atoms with E-state index in [-0.39, 0.29) is 18.4 Å². The molecule has 3 aromatic rings. The van der Waals surface area contributed by atoms with Gasteiger partial charge in [-0.05, 0) is 41.6 Å². The zero-order valence-corrected chi connectivity index (χ0v) is 16.0. The number of nitrogen functional groups attached to an aromatic ring is 1. The zero-order valence-electron chi connectivity index (χ0n) is 16.0. The van der Waals surface area contributed by atoms with E-state index in [1.807, 2.05) is 54.6 Å². The first kappa shape index (κ1) is 18.7. The number of hydrogen-bond donors (Lipinski definition) is 3. The molecule has 0 saturated carbocycles. The summed E-state index contributed by atoms with van der Waals surface area (Å²) in [6.07, 6.45) is 2.35. The summed E-state index contributed by atoms with van der Waals surface area (Å²) in [5.41, 5.74) is 7.73. The van der Waals surface area contributed by atoms with Crippen molar-refractivity contribution in [2.75, 3.05) is 24.1 Å². The molecule has 2 heterocycles. The summed E-state index contributed by atoms with van der Waals surface area (Å²) in [5.74, 6) is 0.290. The van der Waals surface area contributed by atoms with Crippen molar-refractivity contribution in [2.45, 2.75) is 19.0 Å². The highest BCUT2D eigenvalue weighted by Crippen LogP contribution is 2.21. The van der Waals surface area contributed by atoms with Gasteiger partial charge < -0.3 is 21.3 Å². The Hall–Kier alpha value is -3.61. The minimum atomic E-state index is -0.402. The van der Waals surface area contributed by atoms with E-state index < -0.39 is 6.04 Å². The number of nitrogens with zero attached hydrogens (tertiary/aromatic N) is 2. The Bertz CT molecular complexity index is 1040. The fraction of sp³-hybridized carbons (Fsp3) is 0.227. The third kappa shape index (κ3) is 4.13. The van der Waals surface area contributed by atoms with Crippen molar-refractivity contribution in [1.29, 1.82) is 0 Å². The topological polar surface area (TPSA) is 100 Å². The van der Waals surface area contributed by atoms with E-state index in [1.165, 1.54) is 0 Å². The van der Waals surface area contributed by atoms with Crippen molar-refractivity contribution in [3.8, 4) is 0 Å². The second-order valence-corrected chi connectivity index (χ2v) is 7.08. The first-order chi connectivity index (χ1) is 14.1. The average Bonchev–Trinajstić information content (AvgIpc) is 2.71. The number of carbonyl (C=O) groups is 2. The van der Waals surface area contributed by atoms with Gasteiger partial charge in [0.1, 0.15) is 11.9 Å². The van der Waals surface area contributed by atoms with Crippen LogP contribution in [0.5, 0.6) is 0 Å². The van der Waals surface area contributed by atoms with Crippen LogP contribution >= 0.6 is 0 Å². The van der Waals surface area contributed by atoms with E-state index >= 15 is 0 Å². The van der Waals surface area contributed by atoms with Gasteiger partial charge in [0.25, 0.3) is 0 Å². The van der Waals surface area contributed by atoms with Crippen molar-refractivity contribution in [1.82, 2.24) is 15.2 Å². The molecule has 0 aliphatic carbocycles. The smallest absolute Gasteiger partial charge is 0.243 e. The highest BCUT2D eigenvalue weighted by atomic mass is 16.2. The maximum Gasteiger partial charge on any atom is 0.243 e. The van der Waals surface area contributed by atoms with Crippen LogP contribution in [0, 0.1) is 0 Å². The van der Waals surface area contributed by atoms with Crippen LogP contribution in [0.4, 0.5) is 11.5 Å². The molecule has 1 aliphatic rings. The molecule has 1 aromatic heterocycles. The maximum atomic E-state index is 12.6. The molecular formula is C22H23N5O2. The van der Waals surface area contributed by atoms with Gasteiger partial charge in [0.05, 0.1) is 6.54 Å². The Kier molecular flexibility index (Phi) is 5.29. The number of pyridine rings is 1. The summed E-state index contributed by atoms with van der Waals surface area (Å²) in [4.78, 5) is 30.7. The van der Waals surface area contributed by atoms with Crippen LogP contribution in [0.3, 0.4) is 0 Å². The molecule has 2 aromatic carbocycles. The fourth-order valence-corrected chi connectivity index (χ4v) is 3.46. The van der Waals surface area contributed by atoms with Crippen molar-refractivity contribution in [3.63, 3.8) is 0 Å². The number of nitrogens with one attached hydrogen (secondary N) is 2. The molecule has 1 saturated heterocycles. The van der Waals surface area contributed by atoms with Crippen LogP contribution in [0.1, 0.15) is 12.0 Å². The standard InChI is InChI=1S/C22H23N5O2/c23-21-18-7-6-15(12-16(18)8-10-24-21)13-26-22(29)19-9-11-27(19)20(28)14-25-17-4-2-1-3-5-17/h1-8,10,12,19,25H,9,11,13-14H2,(H2,23,24)(H,26,29)/t19-/m0/s1. The Labute approximate surface area is 168 Å². The summed E-state index contributed by atoms with van der Waals surface area (Å²) in [5, 5.41) is 7.91. The minimum Gasteiger partial charge on any atom is -0.383 e. The van der Waals surface area contributed by atoms with Gasteiger partial charge in [-0.15, -0.1) is 0 Å². The number of carbonyl (C=O) groups excluding carboxylic acids is 2. The summed E-state index contributed by atoms with van der Waals surface area (Å²) in [7, 11) is 0. The van der Waals surface area contributed by atoms with Crippen LogP contribution < -0.4 is 16.4 Å². The van der Waals surface area contributed by atoms with Crippen molar-refractivity contribution >= 4 is 34.1 Å². The molecule has 148 valence electrons. The lowest BCUT2D eigenvalue weighted by molar-refractivity contribution is -0.146. The second kappa shape index (κ2) is 8.18. The molecule has 2 amide bonds. The van der Waals surface area contributed by atoms with Crippen molar-refractivity contribution in [2.24, 2.45) is 0 Å². The van der Waals surface area contributed by atoms with Crippen LogP contribution in [-0.2, 0) is 16.1 Å².